The van der Waals surface area contributed by atoms with Gasteiger partial charge in [0.1, 0.15) is 0 Å². The predicted octanol–water partition coefficient (Wildman–Crippen LogP) is 3.72. The number of nitrogens with one attached hydrogen (secondary N) is 1. The zero-order chi connectivity index (χ0) is 16.9. The number of carbonyl (C=O) groups is 2. The molecule has 1 aliphatic rings. The van der Waals surface area contributed by atoms with E-state index in [2.05, 4.69) is 17.4 Å². The quantitative estimate of drug-likeness (QED) is 0.881. The van der Waals surface area contributed by atoms with Crippen LogP contribution in [0.4, 0.5) is 5.69 Å². The van der Waals surface area contributed by atoms with Crippen LogP contribution >= 0.6 is 0 Å². The molecule has 0 unspecified atom stereocenters. The summed E-state index contributed by atoms with van der Waals surface area (Å²) in [5.41, 5.74) is 3.06. The average Bonchev–Trinajstić information content (AvgIpc) is 3.08. The Morgan fingerprint density at radius 3 is 2.33 bits per heavy atom. The van der Waals surface area contributed by atoms with Gasteiger partial charge in [0, 0.05) is 11.6 Å². The number of rotatable bonds is 5. The SMILES string of the molecule is O=C(O)[C@@H]1CC[C@H](C(=O)Nc2ccccc2Cc2ccccc2)C1. The van der Waals surface area contributed by atoms with Crippen molar-refractivity contribution in [3.05, 3.63) is 65.7 Å². The Kier molecular flexibility index (Phi) is 4.94. The molecule has 1 amide bonds. The summed E-state index contributed by atoms with van der Waals surface area (Å²) in [6.45, 7) is 0. The molecule has 1 aliphatic carbocycles. The lowest BCUT2D eigenvalue weighted by atomic mass is 10.0. The number of carboxylic acid groups (broad SMARTS) is 1. The van der Waals surface area contributed by atoms with E-state index in [1.165, 1.54) is 5.56 Å². The fourth-order valence-electron chi connectivity index (χ4n) is 3.29. The third kappa shape index (κ3) is 3.82. The van der Waals surface area contributed by atoms with E-state index in [9.17, 15) is 9.59 Å². The highest BCUT2D eigenvalue weighted by molar-refractivity contribution is 5.94. The van der Waals surface area contributed by atoms with Crippen LogP contribution in [0.3, 0.4) is 0 Å². The molecule has 0 heterocycles. The van der Waals surface area contributed by atoms with Gasteiger partial charge in [0.15, 0.2) is 0 Å². The molecule has 0 aromatic heterocycles. The van der Waals surface area contributed by atoms with Gasteiger partial charge in [0.25, 0.3) is 0 Å². The van der Waals surface area contributed by atoms with E-state index in [0.717, 1.165) is 17.7 Å². The normalized spacial score (nSPS) is 19.8. The second kappa shape index (κ2) is 7.30. The van der Waals surface area contributed by atoms with Crippen molar-refractivity contribution < 1.29 is 14.7 Å². The maximum Gasteiger partial charge on any atom is 0.306 e. The van der Waals surface area contributed by atoms with Gasteiger partial charge in [-0.3, -0.25) is 9.59 Å². The van der Waals surface area contributed by atoms with E-state index in [4.69, 9.17) is 5.11 Å². The summed E-state index contributed by atoms with van der Waals surface area (Å²) >= 11 is 0. The van der Waals surface area contributed by atoms with Gasteiger partial charge in [0.2, 0.25) is 5.91 Å². The molecule has 0 spiro atoms. The van der Waals surface area contributed by atoms with E-state index in [1.807, 2.05) is 42.5 Å². The number of hydrogen-bond donors (Lipinski definition) is 2. The molecule has 2 N–H and O–H groups in total. The van der Waals surface area contributed by atoms with Gasteiger partial charge in [-0.2, -0.15) is 0 Å². The molecular weight excluding hydrogens is 302 g/mol. The molecule has 3 rings (SSSR count). The minimum atomic E-state index is -0.797. The summed E-state index contributed by atoms with van der Waals surface area (Å²) in [4.78, 5) is 23.5. The monoisotopic (exact) mass is 323 g/mol. The fraction of sp³-hybridized carbons (Fsp3) is 0.300. The van der Waals surface area contributed by atoms with Crippen molar-refractivity contribution >= 4 is 17.6 Å². The Hall–Kier alpha value is -2.62. The maximum atomic E-state index is 12.5. The number of hydrogen-bond acceptors (Lipinski definition) is 2. The van der Waals surface area contributed by atoms with Gasteiger partial charge in [-0.1, -0.05) is 48.5 Å². The number of carbonyl (C=O) groups excluding carboxylic acids is 1. The van der Waals surface area contributed by atoms with Crippen molar-refractivity contribution in [1.29, 1.82) is 0 Å². The second-order valence-electron chi connectivity index (χ2n) is 6.35. The molecular formula is C20H21NO3. The number of anilines is 1. The van der Waals surface area contributed by atoms with E-state index in [0.29, 0.717) is 19.3 Å². The van der Waals surface area contributed by atoms with E-state index in [-0.39, 0.29) is 17.7 Å². The molecule has 4 heteroatoms. The fourth-order valence-corrected chi connectivity index (χ4v) is 3.29. The number of amides is 1. The standard InChI is InChI=1S/C20H21NO3/c22-19(16-10-11-17(13-16)20(23)24)21-18-9-5-4-8-15(18)12-14-6-2-1-3-7-14/h1-9,16-17H,10-13H2,(H,21,22)(H,23,24)/t16-,17+/m0/s1. The number of para-hydroxylation sites is 1. The van der Waals surface area contributed by atoms with Crippen LogP contribution in [0.2, 0.25) is 0 Å². The summed E-state index contributed by atoms with van der Waals surface area (Å²) in [7, 11) is 0. The molecule has 1 fully saturated rings. The predicted molar refractivity (Wildman–Crippen MR) is 92.8 cm³/mol. The Morgan fingerprint density at radius 1 is 0.958 bits per heavy atom. The van der Waals surface area contributed by atoms with Crippen LogP contribution in [0.25, 0.3) is 0 Å². The molecule has 0 bridgehead atoms. The molecule has 1 saturated carbocycles. The summed E-state index contributed by atoms with van der Waals surface area (Å²) in [6, 6.07) is 17.9. The smallest absolute Gasteiger partial charge is 0.306 e. The van der Waals surface area contributed by atoms with Gasteiger partial charge in [-0.25, -0.2) is 0 Å². The van der Waals surface area contributed by atoms with Gasteiger partial charge in [0.05, 0.1) is 5.92 Å². The van der Waals surface area contributed by atoms with Crippen LogP contribution in [0.15, 0.2) is 54.6 Å². The van der Waals surface area contributed by atoms with E-state index < -0.39 is 5.97 Å². The lowest BCUT2D eigenvalue weighted by Gasteiger charge is -2.14. The summed E-state index contributed by atoms with van der Waals surface area (Å²) in [6.07, 6.45) is 2.41. The van der Waals surface area contributed by atoms with Crippen molar-refractivity contribution in [2.24, 2.45) is 11.8 Å². The molecule has 0 aliphatic heterocycles. The summed E-state index contributed by atoms with van der Waals surface area (Å²) in [5.74, 6) is -1.47. The van der Waals surface area contributed by atoms with Crippen LogP contribution in [0.1, 0.15) is 30.4 Å². The first-order chi connectivity index (χ1) is 11.6. The van der Waals surface area contributed by atoms with E-state index in [1.54, 1.807) is 0 Å². The first-order valence-electron chi connectivity index (χ1n) is 8.29. The van der Waals surface area contributed by atoms with Crippen molar-refractivity contribution in [2.45, 2.75) is 25.7 Å². The second-order valence-corrected chi connectivity index (χ2v) is 6.35. The lowest BCUT2D eigenvalue weighted by molar-refractivity contribution is -0.141. The molecule has 4 nitrogen and oxygen atoms in total. The highest BCUT2D eigenvalue weighted by atomic mass is 16.4. The Bertz CT molecular complexity index is 727. The Morgan fingerprint density at radius 2 is 1.62 bits per heavy atom. The van der Waals surface area contributed by atoms with Crippen LogP contribution in [0, 0.1) is 11.8 Å². The van der Waals surface area contributed by atoms with Crippen LogP contribution in [-0.2, 0) is 16.0 Å². The summed E-state index contributed by atoms with van der Waals surface area (Å²) in [5, 5.41) is 12.1. The van der Waals surface area contributed by atoms with Gasteiger partial charge in [-0.15, -0.1) is 0 Å². The molecule has 2 aromatic rings. The van der Waals surface area contributed by atoms with Crippen molar-refractivity contribution in [3.8, 4) is 0 Å². The van der Waals surface area contributed by atoms with E-state index >= 15 is 0 Å². The highest BCUT2D eigenvalue weighted by Gasteiger charge is 2.33. The third-order valence-electron chi connectivity index (χ3n) is 4.67. The highest BCUT2D eigenvalue weighted by Crippen LogP contribution is 2.32. The molecule has 124 valence electrons. The Balaban J connectivity index is 1.69. The number of carboxylic acids is 1. The van der Waals surface area contributed by atoms with Crippen molar-refractivity contribution in [3.63, 3.8) is 0 Å². The maximum absolute atomic E-state index is 12.5. The number of aliphatic carboxylic acids is 1. The zero-order valence-corrected chi connectivity index (χ0v) is 13.4. The van der Waals surface area contributed by atoms with Gasteiger partial charge in [-0.05, 0) is 42.9 Å². The van der Waals surface area contributed by atoms with Crippen LogP contribution < -0.4 is 5.32 Å². The summed E-state index contributed by atoms with van der Waals surface area (Å²) < 4.78 is 0. The first-order valence-corrected chi connectivity index (χ1v) is 8.29. The zero-order valence-electron chi connectivity index (χ0n) is 13.4. The average molecular weight is 323 g/mol. The minimum absolute atomic E-state index is 0.0701. The molecule has 0 saturated heterocycles. The van der Waals surface area contributed by atoms with Crippen molar-refractivity contribution in [1.82, 2.24) is 0 Å². The molecule has 24 heavy (non-hydrogen) atoms. The van der Waals surface area contributed by atoms with Crippen molar-refractivity contribution in [2.75, 3.05) is 5.32 Å². The lowest BCUT2D eigenvalue weighted by Crippen LogP contribution is -2.22. The first kappa shape index (κ1) is 16.2. The Labute approximate surface area is 141 Å². The van der Waals surface area contributed by atoms with Gasteiger partial charge >= 0.3 is 5.97 Å². The van der Waals surface area contributed by atoms with Gasteiger partial charge < -0.3 is 10.4 Å². The number of benzene rings is 2. The van der Waals surface area contributed by atoms with Crippen LogP contribution in [0.5, 0.6) is 0 Å². The minimum Gasteiger partial charge on any atom is -0.481 e. The molecule has 2 atom stereocenters. The molecule has 0 radical (unpaired) electrons. The van der Waals surface area contributed by atoms with Crippen LogP contribution in [-0.4, -0.2) is 17.0 Å². The topological polar surface area (TPSA) is 66.4 Å². The molecule has 2 aromatic carbocycles. The third-order valence-corrected chi connectivity index (χ3v) is 4.67. The largest absolute Gasteiger partial charge is 0.481 e.